The predicted octanol–water partition coefficient (Wildman–Crippen LogP) is 0.912. The number of halogens is 3. The summed E-state index contributed by atoms with van der Waals surface area (Å²) in [5.74, 6) is -2.41. The van der Waals surface area contributed by atoms with Gasteiger partial charge in [0.25, 0.3) is 0 Å². The molecule has 10 heavy (non-hydrogen) atoms. The lowest BCUT2D eigenvalue weighted by Crippen LogP contribution is -2.28. The summed E-state index contributed by atoms with van der Waals surface area (Å²) in [6, 6.07) is 0. The fourth-order valence-electron chi connectivity index (χ4n) is 0.440. The van der Waals surface area contributed by atoms with Crippen LogP contribution in [0.3, 0.4) is 0 Å². The van der Waals surface area contributed by atoms with Gasteiger partial charge in [0.05, 0.1) is 6.42 Å². The second-order valence-corrected chi connectivity index (χ2v) is 2.08. The normalized spacial score (nSPS) is 14.8. The van der Waals surface area contributed by atoms with Gasteiger partial charge in [0, 0.05) is 0 Å². The molecule has 1 unspecified atom stereocenters. The number of hydrogen-bond acceptors (Lipinski definition) is 2. The quantitative estimate of drug-likeness (QED) is 0.466. The van der Waals surface area contributed by atoms with Crippen LogP contribution in [-0.2, 0) is 0 Å². The number of hydrogen-bond donors (Lipinski definition) is 1. The minimum Gasteiger partial charge on any atom is -0.862 e. The number of nitrogens with one attached hydrogen (secondary N) is 1. The average Bonchev–Trinajstić information content (AvgIpc) is 1.60. The van der Waals surface area contributed by atoms with Crippen LogP contribution in [-0.4, -0.2) is 12.1 Å². The Morgan fingerprint density at radius 1 is 1.60 bits per heavy atom. The van der Waals surface area contributed by atoms with Crippen LogP contribution in [0.1, 0.15) is 13.3 Å². The maximum Gasteiger partial charge on any atom is 0.389 e. The first-order valence-electron chi connectivity index (χ1n) is 2.65. The first kappa shape index (κ1) is 9.26. The smallest absolute Gasteiger partial charge is 0.389 e. The number of rotatable bonds is 2. The molecule has 0 heterocycles. The highest BCUT2D eigenvalue weighted by Crippen LogP contribution is 2.23. The Balaban J connectivity index is 3.80. The van der Waals surface area contributed by atoms with Gasteiger partial charge < -0.3 is 10.5 Å². The lowest BCUT2D eigenvalue weighted by Gasteiger charge is -2.17. The maximum absolute atomic E-state index is 11.4. The van der Waals surface area contributed by atoms with Gasteiger partial charge in [-0.1, -0.05) is 6.92 Å². The van der Waals surface area contributed by atoms with E-state index in [-0.39, 0.29) is 0 Å². The Hall–Kier alpha value is -0.740. The monoisotopic (exact) mass is 154 g/mol. The van der Waals surface area contributed by atoms with Crippen LogP contribution in [0.5, 0.6) is 0 Å². The van der Waals surface area contributed by atoms with Gasteiger partial charge in [0.15, 0.2) is 0 Å². The molecule has 5 heteroatoms. The largest absolute Gasteiger partial charge is 0.862 e. The average molecular weight is 154 g/mol. The fraction of sp³-hybridized carbons (Fsp3) is 0.800. The van der Waals surface area contributed by atoms with E-state index in [0.717, 1.165) is 6.92 Å². The van der Waals surface area contributed by atoms with E-state index in [9.17, 15) is 18.3 Å². The molecule has 0 aliphatic carbocycles. The van der Waals surface area contributed by atoms with Crippen LogP contribution in [0.2, 0.25) is 0 Å². The van der Waals surface area contributed by atoms with E-state index in [4.69, 9.17) is 5.41 Å². The van der Waals surface area contributed by atoms with Crippen molar-refractivity contribution in [1.29, 1.82) is 5.41 Å². The highest BCUT2D eigenvalue weighted by Gasteiger charge is 2.29. The van der Waals surface area contributed by atoms with Crippen molar-refractivity contribution < 1.29 is 18.3 Å². The van der Waals surface area contributed by atoms with Gasteiger partial charge in [-0.2, -0.15) is 13.2 Å². The standard InChI is InChI=1S/C5H8F3NO/c1-3(4(9)10)2-5(6,7)8/h3H,2H2,1H3,(H2,9,10)/p-1. The molecule has 0 saturated carbocycles. The summed E-state index contributed by atoms with van der Waals surface area (Å²) in [6.45, 7) is 1.09. The predicted molar refractivity (Wildman–Crippen MR) is 27.6 cm³/mol. The molecule has 0 fully saturated rings. The van der Waals surface area contributed by atoms with Gasteiger partial charge >= 0.3 is 6.18 Å². The second-order valence-electron chi connectivity index (χ2n) is 2.08. The molecule has 0 spiro atoms. The van der Waals surface area contributed by atoms with Gasteiger partial charge in [0.2, 0.25) is 0 Å². The van der Waals surface area contributed by atoms with Gasteiger partial charge in [-0.3, -0.25) is 0 Å². The van der Waals surface area contributed by atoms with Crippen LogP contribution < -0.4 is 5.11 Å². The summed E-state index contributed by atoms with van der Waals surface area (Å²) in [6.07, 6.45) is -5.54. The van der Waals surface area contributed by atoms with E-state index in [2.05, 4.69) is 0 Å². The Morgan fingerprint density at radius 3 is 2.10 bits per heavy atom. The molecular formula is C5H7F3NO-. The van der Waals surface area contributed by atoms with Crippen molar-refractivity contribution in [2.24, 2.45) is 5.92 Å². The zero-order valence-electron chi connectivity index (χ0n) is 5.33. The van der Waals surface area contributed by atoms with Crippen molar-refractivity contribution in [1.82, 2.24) is 0 Å². The van der Waals surface area contributed by atoms with Gasteiger partial charge in [-0.25, -0.2) is 0 Å². The molecule has 0 aliphatic heterocycles. The molecule has 0 radical (unpaired) electrons. The molecule has 0 saturated heterocycles. The Bertz CT molecular complexity index is 131. The van der Waals surface area contributed by atoms with Crippen molar-refractivity contribution in [3.8, 4) is 0 Å². The van der Waals surface area contributed by atoms with Crippen LogP contribution in [0.25, 0.3) is 0 Å². The molecule has 0 bridgehead atoms. The summed E-state index contributed by atoms with van der Waals surface area (Å²) in [4.78, 5) is 0. The van der Waals surface area contributed by atoms with Gasteiger partial charge in [-0.05, 0) is 11.8 Å². The van der Waals surface area contributed by atoms with E-state index in [1.54, 1.807) is 0 Å². The summed E-state index contributed by atoms with van der Waals surface area (Å²) in [5.41, 5.74) is 0. The summed E-state index contributed by atoms with van der Waals surface area (Å²) in [7, 11) is 0. The first-order valence-corrected chi connectivity index (χ1v) is 2.65. The van der Waals surface area contributed by atoms with Crippen LogP contribution in [0.4, 0.5) is 13.2 Å². The third-order valence-corrected chi connectivity index (χ3v) is 0.985. The van der Waals surface area contributed by atoms with E-state index in [0.29, 0.717) is 0 Å². The van der Waals surface area contributed by atoms with Crippen molar-refractivity contribution in [3.63, 3.8) is 0 Å². The van der Waals surface area contributed by atoms with E-state index >= 15 is 0 Å². The Kier molecular flexibility index (Phi) is 2.68. The van der Waals surface area contributed by atoms with Crippen molar-refractivity contribution in [2.75, 3.05) is 0 Å². The Morgan fingerprint density at radius 2 is 2.00 bits per heavy atom. The van der Waals surface area contributed by atoms with E-state index in [1.165, 1.54) is 0 Å². The minimum absolute atomic E-state index is 1.09. The van der Waals surface area contributed by atoms with Crippen LogP contribution in [0, 0.1) is 11.3 Å². The summed E-state index contributed by atoms with van der Waals surface area (Å²) < 4.78 is 34.3. The van der Waals surface area contributed by atoms with Gasteiger partial charge in [0.1, 0.15) is 0 Å². The lowest BCUT2D eigenvalue weighted by molar-refractivity contribution is -0.230. The minimum atomic E-state index is -4.34. The third-order valence-electron chi connectivity index (χ3n) is 0.985. The molecule has 0 amide bonds. The maximum atomic E-state index is 11.4. The van der Waals surface area contributed by atoms with Crippen molar-refractivity contribution >= 4 is 5.90 Å². The van der Waals surface area contributed by atoms with Crippen molar-refractivity contribution in [2.45, 2.75) is 19.5 Å². The molecule has 1 N–H and O–H groups in total. The van der Waals surface area contributed by atoms with E-state index in [1.807, 2.05) is 0 Å². The fourth-order valence-corrected chi connectivity index (χ4v) is 0.440. The number of alkyl halides is 3. The van der Waals surface area contributed by atoms with Crippen LogP contribution >= 0.6 is 0 Å². The third kappa shape index (κ3) is 4.17. The van der Waals surface area contributed by atoms with Gasteiger partial charge in [-0.15, -0.1) is 0 Å². The molecule has 2 nitrogen and oxygen atoms in total. The van der Waals surface area contributed by atoms with Crippen LogP contribution in [0.15, 0.2) is 0 Å². The van der Waals surface area contributed by atoms with E-state index < -0.39 is 24.4 Å². The molecule has 0 aromatic carbocycles. The summed E-state index contributed by atoms with van der Waals surface area (Å²) >= 11 is 0. The van der Waals surface area contributed by atoms with Crippen molar-refractivity contribution in [3.05, 3.63) is 0 Å². The topological polar surface area (TPSA) is 46.9 Å². The first-order chi connectivity index (χ1) is 4.33. The molecule has 0 aromatic rings. The Labute approximate surface area is 56.2 Å². The molecule has 0 aromatic heterocycles. The molecular weight excluding hydrogens is 147 g/mol. The molecule has 1 atom stereocenters. The highest BCUT2D eigenvalue weighted by atomic mass is 19.4. The highest BCUT2D eigenvalue weighted by molar-refractivity contribution is 5.70. The molecule has 0 rings (SSSR count). The molecule has 60 valence electrons. The lowest BCUT2D eigenvalue weighted by atomic mass is 10.1. The SMILES string of the molecule is CC(CC(F)(F)F)C(=N)[O-]. The zero-order chi connectivity index (χ0) is 8.36. The summed E-state index contributed by atoms with van der Waals surface area (Å²) in [5, 5.41) is 16.3. The zero-order valence-corrected chi connectivity index (χ0v) is 5.33. The molecule has 0 aliphatic rings. The second kappa shape index (κ2) is 2.90.